The number of ether oxygens (including phenoxy) is 2. The molecule has 0 saturated heterocycles. The highest BCUT2D eigenvalue weighted by Gasteiger charge is 2.23. The zero-order chi connectivity index (χ0) is 24.1. The molecule has 2 atom stereocenters. The summed E-state index contributed by atoms with van der Waals surface area (Å²) in [6, 6.07) is 4.99. The Labute approximate surface area is 190 Å². The first-order valence-corrected chi connectivity index (χ1v) is 10.8. The van der Waals surface area contributed by atoms with Crippen molar-refractivity contribution in [1.29, 1.82) is 0 Å². The predicted molar refractivity (Wildman–Crippen MR) is 124 cm³/mol. The molecule has 0 aliphatic carbocycles. The van der Waals surface area contributed by atoms with Gasteiger partial charge in [-0.15, -0.1) is 0 Å². The van der Waals surface area contributed by atoms with Crippen LogP contribution in [0.25, 0.3) is 11.2 Å². The molecule has 0 fully saturated rings. The number of carboxylic acid groups (broad SMARTS) is 1. The van der Waals surface area contributed by atoms with Gasteiger partial charge in [-0.1, -0.05) is 32.4 Å². The Morgan fingerprint density at radius 1 is 1.33 bits per heavy atom. The minimum Gasteiger partial charge on any atom is -0.496 e. The Bertz CT molecular complexity index is 1190. The second-order valence-corrected chi connectivity index (χ2v) is 7.77. The summed E-state index contributed by atoms with van der Waals surface area (Å²) in [5.74, 6) is -0.187. The summed E-state index contributed by atoms with van der Waals surface area (Å²) in [5.41, 5.74) is 7.86. The summed E-state index contributed by atoms with van der Waals surface area (Å²) >= 11 is 0. The lowest BCUT2D eigenvalue weighted by molar-refractivity contribution is -0.140. The van der Waals surface area contributed by atoms with Crippen molar-refractivity contribution in [3.8, 4) is 11.8 Å². The number of hydrogen-bond acceptors (Lipinski definition) is 8. The molecule has 0 unspecified atom stereocenters. The van der Waals surface area contributed by atoms with Crippen LogP contribution in [0, 0.1) is 5.92 Å². The molecule has 2 aromatic heterocycles. The zero-order valence-corrected chi connectivity index (χ0v) is 19.2. The van der Waals surface area contributed by atoms with Gasteiger partial charge in [0.15, 0.2) is 11.5 Å². The number of nitrogens with two attached hydrogens (primary N) is 1. The number of anilines is 1. The van der Waals surface area contributed by atoms with Crippen molar-refractivity contribution in [3.63, 3.8) is 0 Å². The average molecular weight is 459 g/mol. The van der Waals surface area contributed by atoms with Crippen LogP contribution in [0.4, 0.5) is 5.82 Å². The van der Waals surface area contributed by atoms with Gasteiger partial charge in [-0.2, -0.15) is 9.97 Å². The number of carbonyl (C=O) groups is 1. The number of nitrogens with one attached hydrogen (secondary N) is 2. The molecule has 3 rings (SSSR count). The molecule has 11 heteroatoms. The molecule has 1 aromatic carbocycles. The lowest BCUT2D eigenvalue weighted by atomic mass is 9.99. The topological polar surface area (TPSA) is 157 Å². The highest BCUT2D eigenvalue weighted by atomic mass is 16.5. The quantitative estimate of drug-likeness (QED) is 0.336. The Morgan fingerprint density at radius 2 is 2.09 bits per heavy atom. The van der Waals surface area contributed by atoms with Gasteiger partial charge < -0.3 is 30.6 Å². The number of methoxy groups -OCH3 is 1. The van der Waals surface area contributed by atoms with E-state index in [1.165, 1.54) is 4.57 Å². The van der Waals surface area contributed by atoms with Crippen molar-refractivity contribution < 1.29 is 19.4 Å². The largest absolute Gasteiger partial charge is 0.496 e. The first-order valence-electron chi connectivity index (χ1n) is 10.8. The first kappa shape index (κ1) is 24.1. The van der Waals surface area contributed by atoms with E-state index in [0.29, 0.717) is 30.1 Å². The number of rotatable bonds is 11. The SMILES string of the molecule is CCOc1nc(N)c2[nH]c(=O)n(Cc3ccc(CN[C@H](C(=O)O)[C@@H](C)CC)cc3OC)c2n1. The van der Waals surface area contributed by atoms with Crippen LogP contribution in [0.15, 0.2) is 23.0 Å². The fourth-order valence-electron chi connectivity index (χ4n) is 3.57. The molecule has 11 nitrogen and oxygen atoms in total. The average Bonchev–Trinajstić information content (AvgIpc) is 3.10. The molecule has 33 heavy (non-hydrogen) atoms. The molecular formula is C22H30N6O5. The maximum absolute atomic E-state index is 12.6. The van der Waals surface area contributed by atoms with Crippen molar-refractivity contribution in [2.75, 3.05) is 19.5 Å². The molecule has 0 spiro atoms. The van der Waals surface area contributed by atoms with Crippen LogP contribution < -0.4 is 26.2 Å². The van der Waals surface area contributed by atoms with Gasteiger partial charge >= 0.3 is 17.7 Å². The van der Waals surface area contributed by atoms with Crippen LogP contribution in [0.1, 0.15) is 38.3 Å². The second-order valence-electron chi connectivity index (χ2n) is 7.77. The Kier molecular flexibility index (Phi) is 7.54. The van der Waals surface area contributed by atoms with E-state index in [2.05, 4.69) is 20.3 Å². The number of hydrogen-bond donors (Lipinski definition) is 4. The highest BCUT2D eigenvalue weighted by Crippen LogP contribution is 2.24. The number of nitrogen functional groups attached to an aromatic ring is 1. The number of imidazole rings is 1. The van der Waals surface area contributed by atoms with Gasteiger partial charge in [0.05, 0.1) is 20.3 Å². The van der Waals surface area contributed by atoms with Crippen LogP contribution >= 0.6 is 0 Å². The standard InChI is InChI=1S/C22H30N6O5/c1-5-12(3)16(20(29)30)24-10-13-7-8-14(15(9-13)32-4)11-28-19-17(25-22(28)31)18(23)26-21(27-19)33-6-2/h7-9,12,16,24H,5-6,10-11H2,1-4H3,(H,25,31)(H,29,30)(H2,23,26,27)/t12-,16-/m0/s1. The molecule has 0 saturated carbocycles. The van der Waals surface area contributed by atoms with Crippen LogP contribution in [0.3, 0.4) is 0 Å². The summed E-state index contributed by atoms with van der Waals surface area (Å²) in [6.07, 6.45) is 0.755. The predicted octanol–water partition coefficient (Wildman–Crippen LogP) is 1.75. The summed E-state index contributed by atoms with van der Waals surface area (Å²) in [6.45, 7) is 6.58. The minimum absolute atomic E-state index is 0.00609. The molecule has 3 aromatic rings. The van der Waals surface area contributed by atoms with Gasteiger partial charge in [-0.25, -0.2) is 4.79 Å². The van der Waals surface area contributed by atoms with Crippen LogP contribution in [0.2, 0.25) is 0 Å². The minimum atomic E-state index is -0.876. The number of carboxylic acids is 1. The Balaban J connectivity index is 1.88. The van der Waals surface area contributed by atoms with Gasteiger partial charge in [0.25, 0.3) is 0 Å². The summed E-state index contributed by atoms with van der Waals surface area (Å²) < 4.78 is 12.3. The van der Waals surface area contributed by atoms with Crippen LogP contribution in [0.5, 0.6) is 11.8 Å². The summed E-state index contributed by atoms with van der Waals surface area (Å²) in [4.78, 5) is 35.2. The third-order valence-electron chi connectivity index (χ3n) is 5.59. The van der Waals surface area contributed by atoms with Gasteiger partial charge in [0.2, 0.25) is 0 Å². The molecule has 0 bridgehead atoms. The van der Waals surface area contributed by atoms with E-state index in [9.17, 15) is 14.7 Å². The van der Waals surface area contributed by atoms with Crippen molar-refractivity contribution >= 4 is 23.0 Å². The fraction of sp³-hybridized carbons (Fsp3) is 0.455. The lowest BCUT2D eigenvalue weighted by Gasteiger charge is -2.20. The lowest BCUT2D eigenvalue weighted by Crippen LogP contribution is -2.41. The maximum atomic E-state index is 12.6. The third kappa shape index (κ3) is 5.25. The smallest absolute Gasteiger partial charge is 0.328 e. The van der Waals surface area contributed by atoms with Gasteiger partial charge in [0, 0.05) is 12.1 Å². The van der Waals surface area contributed by atoms with E-state index in [-0.39, 0.29) is 30.0 Å². The number of H-pyrrole nitrogens is 1. The van der Waals surface area contributed by atoms with Gasteiger partial charge in [-0.05, 0) is 24.5 Å². The summed E-state index contributed by atoms with van der Waals surface area (Å²) in [5, 5.41) is 12.6. The van der Waals surface area contributed by atoms with E-state index < -0.39 is 12.0 Å². The number of benzene rings is 1. The van der Waals surface area contributed by atoms with Crippen molar-refractivity contribution in [3.05, 3.63) is 39.8 Å². The molecule has 0 amide bonds. The maximum Gasteiger partial charge on any atom is 0.328 e. The third-order valence-corrected chi connectivity index (χ3v) is 5.59. The number of nitrogens with zero attached hydrogens (tertiary/aromatic N) is 3. The zero-order valence-electron chi connectivity index (χ0n) is 19.2. The molecule has 0 aliphatic rings. The van der Waals surface area contributed by atoms with Crippen molar-refractivity contribution in [1.82, 2.24) is 24.8 Å². The fourth-order valence-corrected chi connectivity index (χ4v) is 3.57. The molecule has 2 heterocycles. The van der Waals surface area contributed by atoms with E-state index in [0.717, 1.165) is 17.5 Å². The first-order chi connectivity index (χ1) is 15.8. The summed E-state index contributed by atoms with van der Waals surface area (Å²) in [7, 11) is 1.54. The van der Waals surface area contributed by atoms with E-state index >= 15 is 0 Å². The van der Waals surface area contributed by atoms with Crippen molar-refractivity contribution in [2.24, 2.45) is 5.92 Å². The highest BCUT2D eigenvalue weighted by molar-refractivity contribution is 5.82. The number of aromatic amines is 1. The normalized spacial score (nSPS) is 13.1. The Hall–Kier alpha value is -3.60. The molecule has 5 N–H and O–H groups in total. The van der Waals surface area contributed by atoms with Crippen LogP contribution in [-0.2, 0) is 17.9 Å². The van der Waals surface area contributed by atoms with Crippen molar-refractivity contribution in [2.45, 2.75) is 46.3 Å². The van der Waals surface area contributed by atoms with Gasteiger partial charge in [-0.3, -0.25) is 9.36 Å². The van der Waals surface area contributed by atoms with Crippen LogP contribution in [-0.4, -0.2) is 50.4 Å². The number of aromatic nitrogens is 4. The molecule has 0 radical (unpaired) electrons. The Morgan fingerprint density at radius 3 is 2.73 bits per heavy atom. The van der Waals surface area contributed by atoms with E-state index in [1.54, 1.807) is 14.0 Å². The monoisotopic (exact) mass is 458 g/mol. The van der Waals surface area contributed by atoms with Gasteiger partial charge in [0.1, 0.15) is 17.3 Å². The van der Waals surface area contributed by atoms with E-state index in [1.807, 2.05) is 32.0 Å². The molecule has 0 aliphatic heterocycles. The molecule has 178 valence electrons. The van der Waals surface area contributed by atoms with E-state index in [4.69, 9.17) is 15.2 Å². The molecular weight excluding hydrogens is 428 g/mol. The second kappa shape index (κ2) is 10.3. The number of aliphatic carboxylic acids is 1. The number of fused-ring (bicyclic) bond motifs is 1.